The van der Waals surface area contributed by atoms with Crippen molar-refractivity contribution in [1.82, 2.24) is 0 Å². The van der Waals surface area contributed by atoms with Gasteiger partial charge in [0.2, 0.25) is 0 Å². The highest BCUT2D eigenvalue weighted by molar-refractivity contribution is 5.71. The van der Waals surface area contributed by atoms with E-state index in [0.717, 1.165) is 83.5 Å². The van der Waals surface area contributed by atoms with Crippen LogP contribution in [0.15, 0.2) is 36.5 Å². The first-order valence-corrected chi connectivity index (χ1v) is 23.5. The van der Waals surface area contributed by atoms with E-state index in [0.29, 0.717) is 19.3 Å². The number of carbonyl (C=O) groups excluding carboxylic acids is 3. The minimum Gasteiger partial charge on any atom is -0.462 e. The zero-order chi connectivity index (χ0) is 40.1. The zero-order valence-corrected chi connectivity index (χ0v) is 36.4. The molecule has 0 amide bonds. The lowest BCUT2D eigenvalue weighted by Gasteiger charge is -2.18. The van der Waals surface area contributed by atoms with Gasteiger partial charge >= 0.3 is 17.9 Å². The van der Waals surface area contributed by atoms with Crippen LogP contribution in [0, 0.1) is 0 Å². The van der Waals surface area contributed by atoms with Gasteiger partial charge in [-0.1, -0.05) is 179 Å². The van der Waals surface area contributed by atoms with Crippen molar-refractivity contribution in [3.8, 4) is 0 Å². The maximum atomic E-state index is 12.7. The van der Waals surface area contributed by atoms with Crippen molar-refractivity contribution < 1.29 is 28.6 Å². The van der Waals surface area contributed by atoms with E-state index in [1.165, 1.54) is 116 Å². The Hall–Kier alpha value is -2.37. The summed E-state index contributed by atoms with van der Waals surface area (Å²) in [5.74, 6) is -0.898. The predicted molar refractivity (Wildman–Crippen MR) is 233 cm³/mol. The van der Waals surface area contributed by atoms with E-state index in [1.54, 1.807) is 0 Å². The van der Waals surface area contributed by atoms with E-state index >= 15 is 0 Å². The molecule has 55 heavy (non-hydrogen) atoms. The summed E-state index contributed by atoms with van der Waals surface area (Å²) < 4.78 is 16.7. The van der Waals surface area contributed by atoms with Gasteiger partial charge in [-0.2, -0.15) is 0 Å². The summed E-state index contributed by atoms with van der Waals surface area (Å²) >= 11 is 0. The molecular formula is C49H88O6. The maximum Gasteiger partial charge on any atom is 0.306 e. The van der Waals surface area contributed by atoms with Gasteiger partial charge in [-0.3, -0.25) is 14.4 Å². The van der Waals surface area contributed by atoms with Crippen LogP contribution in [0.3, 0.4) is 0 Å². The van der Waals surface area contributed by atoms with Crippen molar-refractivity contribution in [3.05, 3.63) is 36.5 Å². The second-order valence-corrected chi connectivity index (χ2v) is 15.7. The minimum absolute atomic E-state index is 0.0770. The fourth-order valence-electron chi connectivity index (χ4n) is 6.52. The molecule has 0 fully saturated rings. The average molecular weight is 773 g/mol. The molecule has 6 heteroatoms. The van der Waals surface area contributed by atoms with Gasteiger partial charge in [0.05, 0.1) is 0 Å². The van der Waals surface area contributed by atoms with Gasteiger partial charge in [0, 0.05) is 19.3 Å². The molecule has 0 heterocycles. The molecule has 0 aliphatic heterocycles. The lowest BCUT2D eigenvalue weighted by molar-refractivity contribution is -0.167. The Labute approximate surface area is 340 Å². The number of hydrogen-bond acceptors (Lipinski definition) is 6. The Balaban J connectivity index is 4.27. The molecule has 0 radical (unpaired) electrons. The summed E-state index contributed by atoms with van der Waals surface area (Å²) in [6, 6.07) is 0. The van der Waals surface area contributed by atoms with Crippen molar-refractivity contribution >= 4 is 17.9 Å². The molecule has 0 aliphatic rings. The largest absolute Gasteiger partial charge is 0.462 e. The first-order valence-electron chi connectivity index (χ1n) is 23.5. The van der Waals surface area contributed by atoms with E-state index in [1.807, 2.05) is 0 Å². The lowest BCUT2D eigenvalue weighted by atomic mass is 10.1. The number of carbonyl (C=O) groups is 3. The molecule has 0 bridgehead atoms. The smallest absolute Gasteiger partial charge is 0.306 e. The average Bonchev–Trinajstić information content (AvgIpc) is 3.18. The molecule has 6 nitrogen and oxygen atoms in total. The fraction of sp³-hybridized carbons (Fsp3) is 0.816. The molecule has 320 valence electrons. The quantitative estimate of drug-likeness (QED) is 0.0266. The summed E-state index contributed by atoms with van der Waals surface area (Å²) in [5, 5.41) is 0. The Morgan fingerprint density at radius 2 is 0.655 bits per heavy atom. The first kappa shape index (κ1) is 52.6. The summed E-state index contributed by atoms with van der Waals surface area (Å²) in [7, 11) is 0. The number of ether oxygens (including phenoxy) is 3. The van der Waals surface area contributed by atoms with Crippen LogP contribution in [0.2, 0.25) is 0 Å². The van der Waals surface area contributed by atoms with E-state index in [2.05, 4.69) is 57.2 Å². The predicted octanol–water partition coefficient (Wildman–Crippen LogP) is 15.0. The summed E-state index contributed by atoms with van der Waals surface area (Å²) in [4.78, 5) is 37.6. The highest BCUT2D eigenvalue weighted by Gasteiger charge is 2.19. The van der Waals surface area contributed by atoms with Crippen LogP contribution in [0.4, 0.5) is 0 Å². The van der Waals surface area contributed by atoms with Crippen LogP contribution in [0.1, 0.15) is 239 Å². The fourth-order valence-corrected chi connectivity index (χ4v) is 6.52. The van der Waals surface area contributed by atoms with Crippen molar-refractivity contribution in [3.63, 3.8) is 0 Å². The zero-order valence-electron chi connectivity index (χ0n) is 36.4. The molecule has 1 unspecified atom stereocenters. The van der Waals surface area contributed by atoms with Crippen molar-refractivity contribution in [2.45, 2.75) is 245 Å². The number of allylic oxidation sites excluding steroid dienone is 6. The lowest BCUT2D eigenvalue weighted by Crippen LogP contribution is -2.30. The second-order valence-electron chi connectivity index (χ2n) is 15.7. The molecule has 0 aliphatic carbocycles. The molecule has 0 spiro atoms. The minimum atomic E-state index is -0.773. The molecule has 0 rings (SSSR count). The number of hydrogen-bond donors (Lipinski definition) is 0. The molecular weight excluding hydrogens is 685 g/mol. The van der Waals surface area contributed by atoms with E-state index < -0.39 is 6.10 Å². The summed E-state index contributed by atoms with van der Waals surface area (Å²) in [6.07, 6.45) is 49.9. The van der Waals surface area contributed by atoms with Crippen molar-refractivity contribution in [1.29, 1.82) is 0 Å². The van der Waals surface area contributed by atoms with Gasteiger partial charge in [0.1, 0.15) is 13.2 Å². The highest BCUT2D eigenvalue weighted by Crippen LogP contribution is 2.14. The van der Waals surface area contributed by atoms with E-state index in [9.17, 15) is 14.4 Å². The molecule has 0 aromatic carbocycles. The second kappa shape index (κ2) is 44.3. The third-order valence-electron chi connectivity index (χ3n) is 10.1. The van der Waals surface area contributed by atoms with E-state index in [4.69, 9.17) is 14.2 Å². The molecule has 0 saturated heterocycles. The van der Waals surface area contributed by atoms with Gasteiger partial charge in [-0.15, -0.1) is 0 Å². The van der Waals surface area contributed by atoms with Crippen molar-refractivity contribution in [2.24, 2.45) is 0 Å². The van der Waals surface area contributed by atoms with Gasteiger partial charge in [0.15, 0.2) is 6.10 Å². The number of rotatable bonds is 42. The Morgan fingerprint density at radius 3 is 1.07 bits per heavy atom. The van der Waals surface area contributed by atoms with Gasteiger partial charge in [0.25, 0.3) is 0 Å². The third-order valence-corrected chi connectivity index (χ3v) is 10.1. The van der Waals surface area contributed by atoms with Crippen LogP contribution in [0.25, 0.3) is 0 Å². The van der Waals surface area contributed by atoms with Gasteiger partial charge < -0.3 is 14.2 Å². The number of esters is 3. The van der Waals surface area contributed by atoms with Crippen LogP contribution >= 0.6 is 0 Å². The first-order chi connectivity index (χ1) is 27.0. The summed E-state index contributed by atoms with van der Waals surface area (Å²) in [5.41, 5.74) is 0. The van der Waals surface area contributed by atoms with Gasteiger partial charge in [-0.25, -0.2) is 0 Å². The maximum absolute atomic E-state index is 12.7. The topological polar surface area (TPSA) is 78.9 Å². The normalized spacial score (nSPS) is 12.3. The van der Waals surface area contributed by atoms with Gasteiger partial charge in [-0.05, 0) is 77.0 Å². The number of unbranched alkanes of at least 4 members (excludes halogenated alkanes) is 25. The third kappa shape index (κ3) is 42.6. The summed E-state index contributed by atoms with van der Waals surface area (Å²) in [6.45, 7) is 6.54. The molecule has 0 saturated carbocycles. The van der Waals surface area contributed by atoms with Crippen LogP contribution < -0.4 is 0 Å². The van der Waals surface area contributed by atoms with E-state index in [-0.39, 0.29) is 31.1 Å². The van der Waals surface area contributed by atoms with Crippen LogP contribution in [0.5, 0.6) is 0 Å². The SMILES string of the molecule is CCCCC/C=C\CCCCCCCC(=O)OC(COC(=O)CCCCCCCCC)COC(=O)CCCCCCCCC/C=C\C/C=C\CCCCCC. The standard InChI is InChI=1S/C49H88O6/c1-4-7-10-13-16-18-20-22-23-24-25-26-27-29-30-33-36-39-42-48(51)54-45-46(44-53-47(50)41-38-35-32-15-12-9-6-3)55-49(52)43-40-37-34-31-28-21-19-17-14-11-8-5-2/h17-20,23-24,46H,4-16,21-22,25-45H2,1-3H3/b19-17-,20-18-,24-23-. The Bertz CT molecular complexity index is 938. The van der Waals surface area contributed by atoms with Crippen LogP contribution in [-0.4, -0.2) is 37.2 Å². The molecule has 0 aromatic rings. The molecule has 1 atom stereocenters. The Morgan fingerprint density at radius 1 is 0.364 bits per heavy atom. The highest BCUT2D eigenvalue weighted by atomic mass is 16.6. The molecule has 0 N–H and O–H groups in total. The van der Waals surface area contributed by atoms with Crippen LogP contribution in [-0.2, 0) is 28.6 Å². The van der Waals surface area contributed by atoms with Crippen molar-refractivity contribution in [2.75, 3.05) is 13.2 Å². The monoisotopic (exact) mass is 773 g/mol. The Kier molecular flexibility index (Phi) is 42.4. The molecule has 0 aromatic heterocycles.